The van der Waals surface area contributed by atoms with E-state index >= 15 is 0 Å². The van der Waals surface area contributed by atoms with Gasteiger partial charge in [0.1, 0.15) is 0 Å². The van der Waals surface area contributed by atoms with Crippen LogP contribution in [-0.4, -0.2) is 42.7 Å². The zero-order valence-electron chi connectivity index (χ0n) is 12.8. The number of para-hydroxylation sites is 1. The van der Waals surface area contributed by atoms with Gasteiger partial charge in [0.25, 0.3) is 0 Å². The highest BCUT2D eigenvalue weighted by molar-refractivity contribution is 5.56. The lowest BCUT2D eigenvalue weighted by molar-refractivity contribution is 0.257. The van der Waals surface area contributed by atoms with Gasteiger partial charge < -0.3 is 10.6 Å². The molecule has 2 unspecified atom stereocenters. The van der Waals surface area contributed by atoms with Crippen LogP contribution in [0.25, 0.3) is 0 Å². The first-order chi connectivity index (χ1) is 9.73. The van der Waals surface area contributed by atoms with Crippen molar-refractivity contribution in [2.24, 2.45) is 5.73 Å². The van der Waals surface area contributed by atoms with Gasteiger partial charge >= 0.3 is 0 Å². The number of fused-ring (bicyclic) bond motifs is 1. The van der Waals surface area contributed by atoms with E-state index in [1.54, 1.807) is 0 Å². The summed E-state index contributed by atoms with van der Waals surface area (Å²) in [6, 6.07) is 9.39. The summed E-state index contributed by atoms with van der Waals surface area (Å²) in [5.41, 5.74) is 9.19. The molecule has 0 spiro atoms. The minimum atomic E-state index is 0.136. The lowest BCUT2D eigenvalue weighted by atomic mass is 9.85. The third-order valence-corrected chi connectivity index (χ3v) is 5.43. The second-order valence-corrected chi connectivity index (χ2v) is 6.28. The highest BCUT2D eigenvalue weighted by Gasteiger charge is 2.51. The molecule has 2 aliphatic heterocycles. The smallest absolute Gasteiger partial charge is 0.0690 e. The molecule has 0 radical (unpaired) electrons. The first-order valence-electron chi connectivity index (χ1n) is 8.00. The number of aryl methyl sites for hydroxylation is 1. The molecule has 2 N–H and O–H groups in total. The summed E-state index contributed by atoms with van der Waals surface area (Å²) in [5, 5.41) is 0. The van der Waals surface area contributed by atoms with Gasteiger partial charge in [-0.05, 0) is 51.3 Å². The van der Waals surface area contributed by atoms with Gasteiger partial charge in [0, 0.05) is 31.4 Å². The standard InChI is InChI=1S/C17H27N3/c1-3-20(15-8-5-4-7-14(15)2)17(13-18)10-12-19-11-6-9-16(17)19/h4-5,7-8,16H,3,6,9-13,18H2,1-2H3. The Morgan fingerprint density at radius 2 is 2.15 bits per heavy atom. The van der Waals surface area contributed by atoms with Crippen molar-refractivity contribution >= 4 is 5.69 Å². The molecule has 0 aliphatic carbocycles. The molecule has 2 saturated heterocycles. The van der Waals surface area contributed by atoms with Crippen molar-refractivity contribution in [1.29, 1.82) is 0 Å². The topological polar surface area (TPSA) is 32.5 Å². The van der Waals surface area contributed by atoms with Crippen LogP contribution in [-0.2, 0) is 0 Å². The second kappa shape index (κ2) is 5.38. The summed E-state index contributed by atoms with van der Waals surface area (Å²) < 4.78 is 0. The molecule has 2 aliphatic rings. The van der Waals surface area contributed by atoms with Gasteiger partial charge in [0.05, 0.1) is 5.54 Å². The number of anilines is 1. The van der Waals surface area contributed by atoms with E-state index in [9.17, 15) is 0 Å². The zero-order valence-corrected chi connectivity index (χ0v) is 12.8. The summed E-state index contributed by atoms with van der Waals surface area (Å²) in [4.78, 5) is 5.26. The van der Waals surface area contributed by atoms with Gasteiger partial charge in [-0.1, -0.05) is 18.2 Å². The highest BCUT2D eigenvalue weighted by Crippen LogP contribution is 2.42. The van der Waals surface area contributed by atoms with E-state index in [2.05, 4.69) is 47.9 Å². The number of hydrogen-bond donors (Lipinski definition) is 1. The molecule has 2 heterocycles. The average molecular weight is 273 g/mol. The van der Waals surface area contributed by atoms with Gasteiger partial charge in [-0.3, -0.25) is 4.90 Å². The first kappa shape index (κ1) is 13.9. The molecule has 2 atom stereocenters. The largest absolute Gasteiger partial charge is 0.363 e. The van der Waals surface area contributed by atoms with Crippen LogP contribution in [0.1, 0.15) is 31.7 Å². The summed E-state index contributed by atoms with van der Waals surface area (Å²) in [6.45, 7) is 8.75. The SMILES string of the molecule is CCN(c1ccccc1C)C1(CN)CCN2CCCC21. The zero-order chi connectivity index (χ0) is 14.2. The van der Waals surface area contributed by atoms with Gasteiger partial charge in [-0.2, -0.15) is 0 Å². The van der Waals surface area contributed by atoms with E-state index in [4.69, 9.17) is 5.73 Å². The Morgan fingerprint density at radius 1 is 1.35 bits per heavy atom. The maximum Gasteiger partial charge on any atom is 0.0690 e. The molecular formula is C17H27N3. The average Bonchev–Trinajstić information content (AvgIpc) is 3.05. The third kappa shape index (κ3) is 1.95. The molecule has 0 aromatic heterocycles. The van der Waals surface area contributed by atoms with E-state index in [1.807, 2.05) is 0 Å². The Balaban J connectivity index is 2.00. The number of nitrogens with zero attached hydrogens (tertiary/aromatic N) is 2. The monoisotopic (exact) mass is 273 g/mol. The summed E-state index contributed by atoms with van der Waals surface area (Å²) in [6.07, 6.45) is 3.84. The predicted molar refractivity (Wildman–Crippen MR) is 85.2 cm³/mol. The van der Waals surface area contributed by atoms with E-state index < -0.39 is 0 Å². The molecule has 20 heavy (non-hydrogen) atoms. The minimum absolute atomic E-state index is 0.136. The van der Waals surface area contributed by atoms with Crippen LogP contribution in [0.5, 0.6) is 0 Å². The Hall–Kier alpha value is -1.06. The predicted octanol–water partition coefficient (Wildman–Crippen LogP) is 2.39. The fraction of sp³-hybridized carbons (Fsp3) is 0.647. The second-order valence-electron chi connectivity index (χ2n) is 6.28. The number of hydrogen-bond acceptors (Lipinski definition) is 3. The minimum Gasteiger partial charge on any atom is -0.363 e. The van der Waals surface area contributed by atoms with Crippen molar-refractivity contribution in [3.05, 3.63) is 29.8 Å². The Labute approximate surface area is 122 Å². The van der Waals surface area contributed by atoms with Crippen molar-refractivity contribution in [2.45, 2.75) is 44.7 Å². The maximum atomic E-state index is 6.32. The van der Waals surface area contributed by atoms with E-state index in [-0.39, 0.29) is 5.54 Å². The molecule has 1 aromatic rings. The van der Waals surface area contributed by atoms with Crippen molar-refractivity contribution in [2.75, 3.05) is 31.1 Å². The molecule has 0 bridgehead atoms. The van der Waals surface area contributed by atoms with Crippen LogP contribution in [0.3, 0.4) is 0 Å². The normalized spacial score (nSPS) is 29.6. The van der Waals surface area contributed by atoms with Crippen LogP contribution >= 0.6 is 0 Å². The fourth-order valence-corrected chi connectivity index (χ4v) is 4.46. The lowest BCUT2D eigenvalue weighted by Crippen LogP contribution is -2.60. The number of benzene rings is 1. The Morgan fingerprint density at radius 3 is 2.85 bits per heavy atom. The number of nitrogens with two attached hydrogens (primary N) is 1. The van der Waals surface area contributed by atoms with Crippen LogP contribution in [0.15, 0.2) is 24.3 Å². The third-order valence-electron chi connectivity index (χ3n) is 5.43. The summed E-state index contributed by atoms with van der Waals surface area (Å²) >= 11 is 0. The molecule has 2 fully saturated rings. The van der Waals surface area contributed by atoms with Crippen LogP contribution in [0.4, 0.5) is 5.69 Å². The number of likely N-dealkylation sites (N-methyl/N-ethyl adjacent to an activating group) is 1. The molecule has 1 aromatic carbocycles. The van der Waals surface area contributed by atoms with Crippen molar-refractivity contribution in [3.8, 4) is 0 Å². The first-order valence-corrected chi connectivity index (χ1v) is 8.00. The fourth-order valence-electron chi connectivity index (χ4n) is 4.46. The quantitative estimate of drug-likeness (QED) is 0.914. The van der Waals surface area contributed by atoms with E-state index in [0.717, 1.165) is 13.1 Å². The van der Waals surface area contributed by atoms with Crippen LogP contribution in [0, 0.1) is 6.92 Å². The van der Waals surface area contributed by atoms with Crippen LogP contribution in [0.2, 0.25) is 0 Å². The molecule has 3 heteroatoms. The number of rotatable bonds is 4. The summed E-state index contributed by atoms with van der Waals surface area (Å²) in [5.74, 6) is 0. The maximum absolute atomic E-state index is 6.32. The molecule has 0 amide bonds. The van der Waals surface area contributed by atoms with Gasteiger partial charge in [0.2, 0.25) is 0 Å². The van der Waals surface area contributed by atoms with Gasteiger partial charge in [-0.15, -0.1) is 0 Å². The van der Waals surface area contributed by atoms with Crippen molar-refractivity contribution in [1.82, 2.24) is 4.90 Å². The summed E-state index contributed by atoms with van der Waals surface area (Å²) in [7, 11) is 0. The Bertz CT molecular complexity index is 473. The van der Waals surface area contributed by atoms with Crippen molar-refractivity contribution < 1.29 is 0 Å². The van der Waals surface area contributed by atoms with Crippen LogP contribution < -0.4 is 10.6 Å². The Kier molecular flexibility index (Phi) is 3.74. The van der Waals surface area contributed by atoms with E-state index in [1.165, 1.54) is 43.6 Å². The van der Waals surface area contributed by atoms with Gasteiger partial charge in [0.15, 0.2) is 0 Å². The van der Waals surface area contributed by atoms with Crippen molar-refractivity contribution in [3.63, 3.8) is 0 Å². The lowest BCUT2D eigenvalue weighted by Gasteiger charge is -2.46. The molecular weight excluding hydrogens is 246 g/mol. The molecule has 3 rings (SSSR count). The van der Waals surface area contributed by atoms with Gasteiger partial charge in [-0.25, -0.2) is 0 Å². The molecule has 110 valence electrons. The van der Waals surface area contributed by atoms with E-state index in [0.29, 0.717) is 6.04 Å². The highest BCUT2D eigenvalue weighted by atomic mass is 15.3. The molecule has 0 saturated carbocycles. The molecule has 3 nitrogen and oxygen atoms in total.